The number of ether oxygens (including phenoxy) is 2. The number of anilines is 3. The van der Waals surface area contributed by atoms with Crippen molar-refractivity contribution >= 4 is 29.0 Å². The quantitative estimate of drug-likeness (QED) is 0.531. The molecule has 1 aliphatic rings. The Balaban J connectivity index is 1.52. The van der Waals surface area contributed by atoms with E-state index < -0.39 is 0 Å². The van der Waals surface area contributed by atoms with Crippen LogP contribution in [0.3, 0.4) is 0 Å². The summed E-state index contributed by atoms with van der Waals surface area (Å²) < 4.78 is 10.6. The van der Waals surface area contributed by atoms with Crippen LogP contribution in [0, 0.1) is 0 Å². The van der Waals surface area contributed by atoms with Crippen molar-refractivity contribution in [2.75, 3.05) is 42.4 Å². The molecule has 0 atom stereocenters. The molecule has 2 N–H and O–H groups in total. The van der Waals surface area contributed by atoms with Crippen molar-refractivity contribution < 1.29 is 19.1 Å². The molecule has 0 radical (unpaired) electrons. The first-order valence-electron chi connectivity index (χ1n) is 10.3. The van der Waals surface area contributed by atoms with Crippen molar-refractivity contribution in [1.82, 2.24) is 4.98 Å². The molecule has 0 fully saturated rings. The summed E-state index contributed by atoms with van der Waals surface area (Å²) in [5.41, 5.74) is 2.52. The molecule has 3 aromatic rings. The molecular weight excluding hydrogens is 408 g/mol. The number of carbonyl (C=O) groups is 2. The lowest BCUT2D eigenvalue weighted by molar-refractivity contribution is -0.117. The van der Waals surface area contributed by atoms with Crippen LogP contribution >= 0.6 is 0 Å². The third kappa shape index (κ3) is 5.04. The summed E-state index contributed by atoms with van der Waals surface area (Å²) in [7, 11) is 1.61. The summed E-state index contributed by atoms with van der Waals surface area (Å²) in [6.45, 7) is 1.46. The van der Waals surface area contributed by atoms with E-state index in [0.717, 1.165) is 5.56 Å². The van der Waals surface area contributed by atoms with Gasteiger partial charge in [0.25, 0.3) is 5.91 Å². The molecule has 8 heteroatoms. The van der Waals surface area contributed by atoms with Crippen LogP contribution in [0.2, 0.25) is 0 Å². The molecular formula is C24H24N4O4. The smallest absolute Gasteiger partial charge is 0.257 e. The molecule has 2 heterocycles. The summed E-state index contributed by atoms with van der Waals surface area (Å²) in [5, 5.41) is 5.87. The minimum absolute atomic E-state index is 0.0818. The third-order valence-corrected chi connectivity index (χ3v) is 4.96. The van der Waals surface area contributed by atoms with Gasteiger partial charge in [-0.2, -0.15) is 0 Å². The van der Waals surface area contributed by atoms with Gasteiger partial charge in [0.1, 0.15) is 12.4 Å². The molecule has 1 aliphatic heterocycles. The fourth-order valence-corrected chi connectivity index (χ4v) is 3.36. The van der Waals surface area contributed by atoms with Gasteiger partial charge < -0.3 is 25.0 Å². The van der Waals surface area contributed by atoms with E-state index in [4.69, 9.17) is 9.47 Å². The Kier molecular flexibility index (Phi) is 6.62. The number of rotatable bonds is 8. The van der Waals surface area contributed by atoms with Gasteiger partial charge in [-0.1, -0.05) is 36.4 Å². The minimum atomic E-state index is -0.327. The van der Waals surface area contributed by atoms with E-state index >= 15 is 0 Å². The predicted molar refractivity (Wildman–Crippen MR) is 122 cm³/mol. The summed E-state index contributed by atoms with van der Waals surface area (Å²) in [5.74, 6) is 0.798. The first-order valence-corrected chi connectivity index (χ1v) is 10.3. The van der Waals surface area contributed by atoms with E-state index in [0.29, 0.717) is 48.3 Å². The van der Waals surface area contributed by atoms with Gasteiger partial charge in [-0.15, -0.1) is 0 Å². The van der Waals surface area contributed by atoms with Crippen molar-refractivity contribution in [2.45, 2.75) is 6.54 Å². The summed E-state index contributed by atoms with van der Waals surface area (Å²) >= 11 is 0. The van der Waals surface area contributed by atoms with Crippen molar-refractivity contribution in [3.05, 3.63) is 78.0 Å². The maximum atomic E-state index is 12.9. The summed E-state index contributed by atoms with van der Waals surface area (Å²) in [6.07, 6.45) is 1.50. The highest BCUT2D eigenvalue weighted by Gasteiger charge is 2.26. The maximum absolute atomic E-state index is 12.9. The largest absolute Gasteiger partial charge is 0.491 e. The highest BCUT2D eigenvalue weighted by atomic mass is 16.5. The van der Waals surface area contributed by atoms with E-state index in [1.165, 1.54) is 6.20 Å². The van der Waals surface area contributed by atoms with Gasteiger partial charge in [-0.05, 0) is 23.8 Å². The van der Waals surface area contributed by atoms with Crippen molar-refractivity contribution in [1.29, 1.82) is 0 Å². The molecule has 8 nitrogen and oxygen atoms in total. The molecule has 0 saturated heterocycles. The number of aromatic nitrogens is 1. The zero-order valence-corrected chi connectivity index (χ0v) is 17.7. The van der Waals surface area contributed by atoms with Crippen LogP contribution in [-0.4, -0.2) is 43.7 Å². The van der Waals surface area contributed by atoms with Crippen LogP contribution in [-0.2, 0) is 16.1 Å². The Morgan fingerprint density at radius 1 is 1.12 bits per heavy atom. The number of pyridine rings is 1. The first kappa shape index (κ1) is 21.3. The van der Waals surface area contributed by atoms with Crippen molar-refractivity contribution in [3.63, 3.8) is 0 Å². The monoisotopic (exact) mass is 432 g/mol. The molecule has 2 amide bonds. The zero-order chi connectivity index (χ0) is 22.3. The predicted octanol–water partition coefficient (Wildman–Crippen LogP) is 3.32. The number of methoxy groups -OCH3 is 1. The fraction of sp³-hybridized carbons (Fsp3) is 0.208. The van der Waals surface area contributed by atoms with Crippen molar-refractivity contribution in [2.24, 2.45) is 0 Å². The molecule has 4 rings (SSSR count). The number of amides is 2. The van der Waals surface area contributed by atoms with Crippen LogP contribution in [0.4, 0.5) is 17.2 Å². The van der Waals surface area contributed by atoms with Crippen LogP contribution in [0.5, 0.6) is 5.75 Å². The number of fused-ring (bicyclic) bond motifs is 1. The van der Waals surface area contributed by atoms with Crippen LogP contribution in [0.15, 0.2) is 66.9 Å². The van der Waals surface area contributed by atoms with Crippen molar-refractivity contribution in [3.8, 4) is 5.75 Å². The van der Waals surface area contributed by atoms with E-state index in [1.807, 2.05) is 36.4 Å². The highest BCUT2D eigenvalue weighted by molar-refractivity contribution is 6.07. The summed E-state index contributed by atoms with van der Waals surface area (Å²) in [4.78, 5) is 31.5. The zero-order valence-electron chi connectivity index (χ0n) is 17.7. The fourth-order valence-electron chi connectivity index (χ4n) is 3.36. The topological polar surface area (TPSA) is 92.8 Å². The molecule has 0 unspecified atom stereocenters. The number of nitrogens with zero attached hydrogens (tertiary/aromatic N) is 2. The minimum Gasteiger partial charge on any atom is -0.491 e. The van der Waals surface area contributed by atoms with Gasteiger partial charge >= 0.3 is 0 Å². The SMILES string of the molecule is COCCOc1cccc(NC(=O)c2cnc3c(c2)N(Cc2ccccc2)C(=O)CN3)c1. The molecule has 0 aliphatic carbocycles. The second-order valence-corrected chi connectivity index (χ2v) is 7.23. The van der Waals surface area contributed by atoms with Gasteiger partial charge in [0, 0.05) is 25.1 Å². The second-order valence-electron chi connectivity index (χ2n) is 7.23. The first-order chi connectivity index (χ1) is 15.6. The molecule has 0 bridgehead atoms. The lowest BCUT2D eigenvalue weighted by Gasteiger charge is -2.29. The number of hydrogen-bond donors (Lipinski definition) is 2. The Morgan fingerprint density at radius 2 is 1.97 bits per heavy atom. The molecule has 0 spiro atoms. The van der Waals surface area contributed by atoms with Gasteiger partial charge in [0.2, 0.25) is 5.91 Å². The van der Waals surface area contributed by atoms with Crippen LogP contribution < -0.4 is 20.3 Å². The van der Waals surface area contributed by atoms with E-state index in [-0.39, 0.29) is 18.4 Å². The number of hydrogen-bond acceptors (Lipinski definition) is 6. The van der Waals surface area contributed by atoms with E-state index in [2.05, 4.69) is 15.6 Å². The molecule has 32 heavy (non-hydrogen) atoms. The molecule has 164 valence electrons. The van der Waals surface area contributed by atoms with Gasteiger partial charge in [-0.25, -0.2) is 4.98 Å². The normalized spacial score (nSPS) is 12.7. The Morgan fingerprint density at radius 3 is 2.78 bits per heavy atom. The molecule has 2 aromatic carbocycles. The second kappa shape index (κ2) is 9.93. The number of carbonyl (C=O) groups excluding carboxylic acids is 2. The molecule has 1 aromatic heterocycles. The molecule has 0 saturated carbocycles. The van der Waals surface area contributed by atoms with Gasteiger partial charge in [0.15, 0.2) is 5.82 Å². The highest BCUT2D eigenvalue weighted by Crippen LogP contribution is 2.30. The van der Waals surface area contributed by atoms with E-state index in [1.54, 1.807) is 36.3 Å². The maximum Gasteiger partial charge on any atom is 0.257 e. The average molecular weight is 432 g/mol. The Labute approximate surface area is 186 Å². The van der Waals surface area contributed by atoms with E-state index in [9.17, 15) is 9.59 Å². The Hall–Kier alpha value is -3.91. The van der Waals surface area contributed by atoms with Gasteiger partial charge in [0.05, 0.1) is 30.9 Å². The lowest BCUT2D eigenvalue weighted by atomic mass is 10.1. The Bertz CT molecular complexity index is 1100. The number of nitrogens with one attached hydrogen (secondary N) is 2. The average Bonchev–Trinajstić information content (AvgIpc) is 2.82. The third-order valence-electron chi connectivity index (χ3n) is 4.96. The van der Waals surface area contributed by atoms with Gasteiger partial charge in [-0.3, -0.25) is 9.59 Å². The van der Waals surface area contributed by atoms with Crippen LogP contribution in [0.25, 0.3) is 0 Å². The standard InChI is InChI=1S/C24H24N4O4/c1-31-10-11-32-20-9-5-8-19(13-20)27-24(30)18-12-21-23(25-14-18)26-15-22(29)28(21)16-17-6-3-2-4-7-17/h2-9,12-14H,10-11,15-16H2,1H3,(H,25,26)(H,27,30). The lowest BCUT2D eigenvalue weighted by Crippen LogP contribution is -2.40. The van der Waals surface area contributed by atoms with Crippen LogP contribution in [0.1, 0.15) is 15.9 Å². The number of benzene rings is 2. The summed E-state index contributed by atoms with van der Waals surface area (Å²) in [6, 6.07) is 18.5.